The van der Waals surface area contributed by atoms with Crippen LogP contribution in [0.3, 0.4) is 0 Å². The quantitative estimate of drug-likeness (QED) is 0.706. The lowest BCUT2D eigenvalue weighted by Crippen LogP contribution is -2.54. The largest absolute Gasteiger partial charge is 0.480 e. The fourth-order valence-electron chi connectivity index (χ4n) is 5.56. The molecule has 162 valence electrons. The molecule has 1 aliphatic carbocycles. The van der Waals surface area contributed by atoms with E-state index in [1.807, 2.05) is 37.8 Å². The lowest BCUT2D eigenvalue weighted by molar-refractivity contribution is -0.141. The summed E-state index contributed by atoms with van der Waals surface area (Å²) in [7, 11) is 4.29. The van der Waals surface area contributed by atoms with Gasteiger partial charge in [-0.1, -0.05) is 6.92 Å². The van der Waals surface area contributed by atoms with Crippen molar-refractivity contribution in [2.75, 3.05) is 27.2 Å². The van der Waals surface area contributed by atoms with Crippen LogP contribution in [0.5, 0.6) is 5.75 Å². The van der Waals surface area contributed by atoms with Crippen molar-refractivity contribution in [3.8, 4) is 5.75 Å². The number of piperidine rings is 1. The van der Waals surface area contributed by atoms with Crippen molar-refractivity contribution < 1.29 is 13.9 Å². The standard InChI is InChI=1S/C24H32N2O4/c1-6-16-11-21(27)30-20-10-14(2)9-19(22(16)20)29-15(3)24(28)26-12-17-7-8-18(13-26)23(17)25(4)5/h9-11,15,17-18,23H,6-8,12-13H2,1-5H3/t15?,17-,18+,23?. The van der Waals surface area contributed by atoms with E-state index in [9.17, 15) is 9.59 Å². The van der Waals surface area contributed by atoms with Gasteiger partial charge in [0, 0.05) is 25.2 Å². The number of amides is 1. The van der Waals surface area contributed by atoms with Gasteiger partial charge >= 0.3 is 5.63 Å². The third kappa shape index (κ3) is 3.73. The molecule has 1 amide bonds. The predicted octanol–water partition coefficient (Wildman–Crippen LogP) is 3.23. The summed E-state index contributed by atoms with van der Waals surface area (Å²) in [6.07, 6.45) is 2.47. The summed E-state index contributed by atoms with van der Waals surface area (Å²) in [4.78, 5) is 29.4. The average Bonchev–Trinajstić information content (AvgIpc) is 2.96. The Morgan fingerprint density at radius 1 is 1.23 bits per heavy atom. The minimum Gasteiger partial charge on any atom is -0.480 e. The predicted molar refractivity (Wildman–Crippen MR) is 117 cm³/mol. The van der Waals surface area contributed by atoms with Crippen LogP contribution in [0.15, 0.2) is 27.4 Å². The van der Waals surface area contributed by atoms with Crippen molar-refractivity contribution in [1.29, 1.82) is 0 Å². The monoisotopic (exact) mass is 412 g/mol. The Hall–Kier alpha value is -2.34. The van der Waals surface area contributed by atoms with E-state index in [0.717, 1.165) is 29.6 Å². The van der Waals surface area contributed by atoms with Gasteiger partial charge in [-0.2, -0.15) is 0 Å². The number of fused-ring (bicyclic) bond motifs is 3. The molecule has 2 aromatic rings. The number of likely N-dealkylation sites (tertiary alicyclic amines) is 1. The SMILES string of the molecule is CCc1cc(=O)oc2cc(C)cc(OC(C)C(=O)N3C[C@H]4CC[C@@H](C3)C4N(C)C)c12. The van der Waals surface area contributed by atoms with Gasteiger partial charge in [0.1, 0.15) is 11.3 Å². The van der Waals surface area contributed by atoms with E-state index in [1.54, 1.807) is 0 Å². The average molecular weight is 413 g/mol. The van der Waals surface area contributed by atoms with Gasteiger partial charge in [0.05, 0.1) is 5.39 Å². The Morgan fingerprint density at radius 2 is 1.90 bits per heavy atom. The van der Waals surface area contributed by atoms with Crippen molar-refractivity contribution >= 4 is 16.9 Å². The molecule has 30 heavy (non-hydrogen) atoms. The van der Waals surface area contributed by atoms with Crippen LogP contribution in [0.1, 0.15) is 37.8 Å². The molecule has 0 radical (unpaired) electrons. The molecular formula is C24H32N2O4. The van der Waals surface area contributed by atoms with Crippen LogP contribution in [0.2, 0.25) is 0 Å². The fraction of sp³-hybridized carbons (Fsp3) is 0.583. The number of carbonyl (C=O) groups is 1. The summed E-state index contributed by atoms with van der Waals surface area (Å²) >= 11 is 0. The Bertz CT molecular complexity index is 998. The third-order valence-corrected chi connectivity index (χ3v) is 6.76. The number of ether oxygens (including phenoxy) is 1. The molecule has 0 N–H and O–H groups in total. The molecule has 2 aliphatic rings. The van der Waals surface area contributed by atoms with Gasteiger partial charge in [-0.15, -0.1) is 0 Å². The zero-order valence-corrected chi connectivity index (χ0v) is 18.6. The first-order chi connectivity index (χ1) is 14.3. The molecule has 6 nitrogen and oxygen atoms in total. The van der Waals surface area contributed by atoms with E-state index < -0.39 is 6.10 Å². The van der Waals surface area contributed by atoms with Crippen LogP contribution >= 0.6 is 0 Å². The second kappa shape index (κ2) is 8.06. The number of benzene rings is 1. The molecule has 4 rings (SSSR count). The third-order valence-electron chi connectivity index (χ3n) is 6.76. The number of aryl methyl sites for hydroxylation is 2. The fourth-order valence-corrected chi connectivity index (χ4v) is 5.56. The molecule has 4 atom stereocenters. The van der Waals surface area contributed by atoms with Crippen LogP contribution in [-0.2, 0) is 11.2 Å². The molecule has 0 spiro atoms. The maximum Gasteiger partial charge on any atom is 0.336 e. The van der Waals surface area contributed by atoms with Crippen LogP contribution < -0.4 is 10.4 Å². The van der Waals surface area contributed by atoms with Crippen molar-refractivity contribution in [2.45, 2.75) is 52.2 Å². The summed E-state index contributed by atoms with van der Waals surface area (Å²) in [5, 5.41) is 0.786. The maximum absolute atomic E-state index is 13.2. The van der Waals surface area contributed by atoms with Gasteiger partial charge in [0.25, 0.3) is 5.91 Å². The Labute approximate surface area is 177 Å². The molecular weight excluding hydrogens is 380 g/mol. The highest BCUT2D eigenvalue weighted by Crippen LogP contribution is 2.39. The molecule has 2 unspecified atom stereocenters. The highest BCUT2D eigenvalue weighted by Gasteiger charge is 2.44. The number of hydrogen-bond acceptors (Lipinski definition) is 5. The molecule has 1 aromatic heterocycles. The Kier molecular flexibility index (Phi) is 5.62. The van der Waals surface area contributed by atoms with E-state index in [4.69, 9.17) is 9.15 Å². The molecule has 1 aliphatic heterocycles. The summed E-state index contributed by atoms with van der Waals surface area (Å²) < 4.78 is 11.6. The molecule has 2 heterocycles. The van der Waals surface area contributed by atoms with Crippen molar-refractivity contribution in [3.05, 3.63) is 39.7 Å². The first-order valence-corrected chi connectivity index (χ1v) is 11.0. The molecule has 6 heteroatoms. The number of hydrogen-bond donors (Lipinski definition) is 0. The van der Waals surface area contributed by atoms with Gasteiger partial charge in [0.15, 0.2) is 6.10 Å². The highest BCUT2D eigenvalue weighted by molar-refractivity contribution is 5.88. The first-order valence-electron chi connectivity index (χ1n) is 11.0. The number of nitrogens with zero attached hydrogens (tertiary/aromatic N) is 2. The second-order valence-corrected chi connectivity index (χ2v) is 9.14. The lowest BCUT2D eigenvalue weighted by atomic mass is 9.91. The number of carbonyl (C=O) groups excluding carboxylic acids is 1. The highest BCUT2D eigenvalue weighted by atomic mass is 16.5. The summed E-state index contributed by atoms with van der Waals surface area (Å²) in [6, 6.07) is 5.86. The van der Waals surface area contributed by atoms with Crippen LogP contribution in [-0.4, -0.2) is 55.0 Å². The minimum absolute atomic E-state index is 0.0363. The normalized spacial score (nSPS) is 24.5. The topological polar surface area (TPSA) is 63.0 Å². The van der Waals surface area contributed by atoms with Gasteiger partial charge in [-0.3, -0.25) is 4.79 Å². The molecule has 1 saturated carbocycles. The smallest absolute Gasteiger partial charge is 0.336 e. The lowest BCUT2D eigenvalue weighted by Gasteiger charge is -2.41. The second-order valence-electron chi connectivity index (χ2n) is 9.14. The molecule has 2 bridgehead atoms. The van der Waals surface area contributed by atoms with E-state index in [-0.39, 0.29) is 11.5 Å². The van der Waals surface area contributed by atoms with E-state index in [2.05, 4.69) is 19.0 Å². The van der Waals surface area contributed by atoms with Gasteiger partial charge in [0.2, 0.25) is 0 Å². The summed E-state index contributed by atoms with van der Waals surface area (Å²) in [5.41, 5.74) is 1.96. The number of rotatable bonds is 5. The van der Waals surface area contributed by atoms with Crippen molar-refractivity contribution in [2.24, 2.45) is 11.8 Å². The zero-order chi connectivity index (χ0) is 21.6. The maximum atomic E-state index is 13.2. The van der Waals surface area contributed by atoms with Gasteiger partial charge < -0.3 is 19.0 Å². The van der Waals surface area contributed by atoms with Gasteiger partial charge in [-0.05, 0) is 82.3 Å². The van der Waals surface area contributed by atoms with Gasteiger partial charge in [-0.25, -0.2) is 4.79 Å². The van der Waals surface area contributed by atoms with Crippen LogP contribution in [0, 0.1) is 18.8 Å². The van der Waals surface area contributed by atoms with Crippen LogP contribution in [0.4, 0.5) is 0 Å². The van der Waals surface area contributed by atoms with Crippen molar-refractivity contribution in [3.63, 3.8) is 0 Å². The minimum atomic E-state index is -0.595. The molecule has 1 saturated heterocycles. The summed E-state index contributed by atoms with van der Waals surface area (Å²) in [5.74, 6) is 1.72. The summed E-state index contributed by atoms with van der Waals surface area (Å²) in [6.45, 7) is 7.35. The molecule has 2 fully saturated rings. The Morgan fingerprint density at radius 3 is 2.50 bits per heavy atom. The van der Waals surface area contributed by atoms with E-state index in [1.165, 1.54) is 18.9 Å². The van der Waals surface area contributed by atoms with Crippen LogP contribution in [0.25, 0.3) is 11.0 Å². The zero-order valence-electron chi connectivity index (χ0n) is 18.6. The van der Waals surface area contributed by atoms with Crippen molar-refractivity contribution in [1.82, 2.24) is 9.80 Å². The Balaban J connectivity index is 1.57. The molecule has 1 aromatic carbocycles. The first kappa shape index (κ1) is 20.9. The van der Waals surface area contributed by atoms with E-state index in [0.29, 0.717) is 35.6 Å². The van der Waals surface area contributed by atoms with E-state index >= 15 is 0 Å².